The molecule has 2 rings (SSSR count). The second-order valence-corrected chi connectivity index (χ2v) is 6.89. The van der Waals surface area contributed by atoms with Gasteiger partial charge in [-0.15, -0.1) is 0 Å². The van der Waals surface area contributed by atoms with E-state index in [1.165, 1.54) is 45.6 Å². The van der Waals surface area contributed by atoms with Crippen LogP contribution < -0.4 is 0 Å². The molecule has 0 saturated carbocycles. The monoisotopic (exact) mass is 368 g/mol. The average molecular weight is 369 g/mol. The minimum atomic E-state index is -0.319. The zero-order valence-electron chi connectivity index (χ0n) is 16.6. The fourth-order valence-electron chi connectivity index (χ4n) is 3.02. The molecule has 27 heavy (non-hydrogen) atoms. The van der Waals surface area contributed by atoms with Gasteiger partial charge in [0.2, 0.25) is 0 Å². The number of hydrogen-bond acceptors (Lipinski definition) is 3. The number of rotatable bonds is 12. The first-order valence-electron chi connectivity index (χ1n) is 10.1. The molecule has 0 bridgehead atoms. The highest BCUT2D eigenvalue weighted by Gasteiger charge is 2.37. The lowest BCUT2D eigenvalue weighted by Gasteiger charge is -2.00. The van der Waals surface area contributed by atoms with Crippen molar-refractivity contribution in [3.05, 3.63) is 71.8 Å². The molecule has 0 radical (unpaired) electrons. The summed E-state index contributed by atoms with van der Waals surface area (Å²) in [5.41, 5.74) is 1.57. The van der Waals surface area contributed by atoms with E-state index in [2.05, 4.69) is 25.2 Å². The molecule has 0 spiro atoms. The number of carbonyl (C=O) groups excluding carboxylic acids is 1. The summed E-state index contributed by atoms with van der Waals surface area (Å²) in [6.07, 6.45) is 21.8. The van der Waals surface area contributed by atoms with Gasteiger partial charge < -0.3 is 9.47 Å². The summed E-state index contributed by atoms with van der Waals surface area (Å²) < 4.78 is 10.4. The van der Waals surface area contributed by atoms with Crippen molar-refractivity contribution in [3.63, 3.8) is 0 Å². The van der Waals surface area contributed by atoms with Crippen LogP contribution in [0.4, 0.5) is 0 Å². The quantitative estimate of drug-likeness (QED) is 0.187. The van der Waals surface area contributed by atoms with E-state index >= 15 is 0 Å². The third-order valence-electron chi connectivity index (χ3n) is 4.66. The highest BCUT2D eigenvalue weighted by Crippen LogP contribution is 2.39. The second kappa shape index (κ2) is 12.3. The van der Waals surface area contributed by atoms with Gasteiger partial charge in [0.25, 0.3) is 0 Å². The van der Waals surface area contributed by atoms with Gasteiger partial charge in [-0.05, 0) is 30.5 Å². The molecule has 0 amide bonds. The van der Waals surface area contributed by atoms with Crippen molar-refractivity contribution in [2.75, 3.05) is 7.11 Å². The molecule has 2 unspecified atom stereocenters. The highest BCUT2D eigenvalue weighted by atomic mass is 16.6. The predicted octanol–water partition coefficient (Wildman–Crippen LogP) is 6.33. The summed E-state index contributed by atoms with van der Waals surface area (Å²) in [6.45, 7) is 2.25. The molecule has 146 valence electrons. The van der Waals surface area contributed by atoms with Crippen LogP contribution in [0.15, 0.2) is 60.7 Å². The first-order valence-corrected chi connectivity index (χ1v) is 10.1. The van der Waals surface area contributed by atoms with E-state index in [1.54, 1.807) is 6.07 Å². The van der Waals surface area contributed by atoms with Crippen molar-refractivity contribution >= 4 is 5.97 Å². The number of benzene rings is 1. The van der Waals surface area contributed by atoms with Crippen LogP contribution >= 0.6 is 0 Å². The van der Waals surface area contributed by atoms with Gasteiger partial charge in [-0.2, -0.15) is 0 Å². The van der Waals surface area contributed by atoms with E-state index in [9.17, 15) is 4.79 Å². The summed E-state index contributed by atoms with van der Waals surface area (Å²) in [4.78, 5) is 11.6. The van der Waals surface area contributed by atoms with E-state index in [1.807, 2.05) is 36.4 Å². The maximum atomic E-state index is 11.6. The normalized spacial score (nSPS) is 19.3. The number of ether oxygens (including phenoxy) is 2. The van der Waals surface area contributed by atoms with Gasteiger partial charge in [-0.1, -0.05) is 87.6 Å². The molecule has 2 atom stereocenters. The van der Waals surface area contributed by atoms with Gasteiger partial charge >= 0.3 is 5.97 Å². The molecule has 0 N–H and O–H groups in total. The van der Waals surface area contributed by atoms with Crippen LogP contribution in [0.25, 0.3) is 0 Å². The fourth-order valence-corrected chi connectivity index (χ4v) is 3.02. The van der Waals surface area contributed by atoms with Gasteiger partial charge in [0, 0.05) is 0 Å². The molecule has 1 aromatic rings. The molecule has 1 heterocycles. The SMILES string of the molecule is CCCCCCCC\C=C/C=C/C=C/C1OC1c1cccc(C(=O)OC)c1. The van der Waals surface area contributed by atoms with Crippen LogP contribution in [0.5, 0.6) is 0 Å². The summed E-state index contributed by atoms with van der Waals surface area (Å²) in [5, 5.41) is 0. The first kappa shape index (κ1) is 21.2. The molecule has 0 aliphatic carbocycles. The highest BCUT2D eigenvalue weighted by molar-refractivity contribution is 5.89. The fraction of sp³-hybridized carbons (Fsp3) is 0.458. The van der Waals surface area contributed by atoms with Crippen LogP contribution in [0, 0.1) is 0 Å². The lowest BCUT2D eigenvalue weighted by atomic mass is 10.1. The number of unbranched alkanes of at least 4 members (excludes halogenated alkanes) is 6. The summed E-state index contributed by atoms with van der Waals surface area (Å²) in [6, 6.07) is 7.43. The molecule has 3 heteroatoms. The number of epoxide rings is 1. The van der Waals surface area contributed by atoms with Gasteiger partial charge in [0.15, 0.2) is 0 Å². The molecule has 0 aromatic heterocycles. The Hall–Kier alpha value is -2.13. The molecular weight excluding hydrogens is 336 g/mol. The Kier molecular flexibility index (Phi) is 9.64. The number of carbonyl (C=O) groups is 1. The van der Waals surface area contributed by atoms with Crippen LogP contribution in [-0.2, 0) is 9.47 Å². The smallest absolute Gasteiger partial charge is 0.337 e. The molecule has 1 aliphatic heterocycles. The number of esters is 1. The van der Waals surface area contributed by atoms with Crippen molar-refractivity contribution in [3.8, 4) is 0 Å². The number of methoxy groups -OCH3 is 1. The zero-order chi connectivity index (χ0) is 19.3. The molecule has 3 nitrogen and oxygen atoms in total. The van der Waals surface area contributed by atoms with E-state index in [0.717, 1.165) is 12.0 Å². The predicted molar refractivity (Wildman–Crippen MR) is 111 cm³/mol. The standard InChI is InChI=1S/C24H32O3/c1-3-4-5-6-7-8-9-10-11-12-13-14-18-22-23(27-22)20-16-15-17-21(19-20)24(25)26-2/h10-19,22-23H,3-9H2,1-2H3/b11-10-,13-12+,18-14+. The van der Waals surface area contributed by atoms with Crippen LogP contribution in [0.2, 0.25) is 0 Å². The van der Waals surface area contributed by atoms with Gasteiger partial charge in [-0.3, -0.25) is 0 Å². The Morgan fingerprint density at radius 3 is 2.67 bits per heavy atom. The van der Waals surface area contributed by atoms with Crippen molar-refractivity contribution < 1.29 is 14.3 Å². The Morgan fingerprint density at radius 1 is 1.07 bits per heavy atom. The minimum absolute atomic E-state index is 0.0301. The summed E-state index contributed by atoms with van der Waals surface area (Å²) in [7, 11) is 1.39. The molecule has 1 saturated heterocycles. The van der Waals surface area contributed by atoms with Crippen LogP contribution in [-0.4, -0.2) is 19.2 Å². The largest absolute Gasteiger partial charge is 0.465 e. The zero-order valence-corrected chi connectivity index (χ0v) is 16.6. The Labute approximate surface area is 163 Å². The third-order valence-corrected chi connectivity index (χ3v) is 4.66. The topological polar surface area (TPSA) is 38.8 Å². The van der Waals surface area contributed by atoms with E-state index < -0.39 is 0 Å². The van der Waals surface area contributed by atoms with Crippen LogP contribution in [0.3, 0.4) is 0 Å². The molecular formula is C24H32O3. The first-order chi connectivity index (χ1) is 13.3. The van der Waals surface area contributed by atoms with Gasteiger partial charge in [0.05, 0.1) is 12.7 Å². The van der Waals surface area contributed by atoms with Crippen molar-refractivity contribution in [2.24, 2.45) is 0 Å². The van der Waals surface area contributed by atoms with Crippen LogP contribution in [0.1, 0.15) is 73.9 Å². The lowest BCUT2D eigenvalue weighted by molar-refractivity contribution is 0.0600. The number of allylic oxidation sites excluding steroid dienone is 5. The van der Waals surface area contributed by atoms with E-state index in [0.29, 0.717) is 5.56 Å². The van der Waals surface area contributed by atoms with E-state index in [-0.39, 0.29) is 18.2 Å². The molecule has 1 aromatic carbocycles. The second-order valence-electron chi connectivity index (χ2n) is 6.89. The Morgan fingerprint density at radius 2 is 1.85 bits per heavy atom. The van der Waals surface area contributed by atoms with Gasteiger partial charge in [0.1, 0.15) is 12.2 Å². The van der Waals surface area contributed by atoms with Gasteiger partial charge in [-0.25, -0.2) is 4.79 Å². The average Bonchev–Trinajstić information content (AvgIpc) is 3.48. The Bertz CT molecular complexity index is 657. The van der Waals surface area contributed by atoms with Crippen molar-refractivity contribution in [1.82, 2.24) is 0 Å². The minimum Gasteiger partial charge on any atom is -0.465 e. The third kappa shape index (κ3) is 7.96. The summed E-state index contributed by atoms with van der Waals surface area (Å²) in [5.74, 6) is -0.319. The van der Waals surface area contributed by atoms with Crippen molar-refractivity contribution in [2.45, 2.75) is 64.1 Å². The summed E-state index contributed by atoms with van der Waals surface area (Å²) >= 11 is 0. The maximum absolute atomic E-state index is 11.6. The number of hydrogen-bond donors (Lipinski definition) is 0. The maximum Gasteiger partial charge on any atom is 0.337 e. The molecule has 1 fully saturated rings. The lowest BCUT2D eigenvalue weighted by Crippen LogP contribution is -2.01. The van der Waals surface area contributed by atoms with Crippen molar-refractivity contribution in [1.29, 1.82) is 0 Å². The Balaban J connectivity index is 1.63. The van der Waals surface area contributed by atoms with E-state index in [4.69, 9.17) is 9.47 Å². The molecule has 1 aliphatic rings.